The van der Waals surface area contributed by atoms with Gasteiger partial charge in [0.2, 0.25) is 5.82 Å². The number of hydrogen-bond donors (Lipinski definition) is 0. The molecule has 1 rings (SSSR count). The van der Waals surface area contributed by atoms with E-state index in [1.54, 1.807) is 14.0 Å². The van der Waals surface area contributed by atoms with Crippen molar-refractivity contribution in [2.24, 2.45) is 7.05 Å². The van der Waals surface area contributed by atoms with Gasteiger partial charge in [-0.3, -0.25) is 4.57 Å². The maximum atomic E-state index is 10.4. The molecule has 0 aromatic carbocycles. The minimum atomic E-state index is -0.564. The quantitative estimate of drug-likeness (QED) is 0.483. The Hall–Kier alpha value is -1.59. The van der Waals surface area contributed by atoms with Crippen LogP contribution in [-0.2, 0) is 7.05 Å². The second-order valence-electron chi connectivity index (χ2n) is 2.31. The molecular weight excluding hydrogens is 162 g/mol. The molecule has 0 saturated heterocycles. The van der Waals surface area contributed by atoms with Crippen molar-refractivity contribution in [3.8, 4) is 5.88 Å². The SMILES string of the molecule is COc1c([N+](=O)[O-])nc(C)n1C. The van der Waals surface area contributed by atoms with Crippen LogP contribution in [-0.4, -0.2) is 21.6 Å². The topological polar surface area (TPSA) is 70.2 Å². The van der Waals surface area contributed by atoms with E-state index in [9.17, 15) is 10.1 Å². The van der Waals surface area contributed by atoms with Gasteiger partial charge in [0.25, 0.3) is 5.88 Å². The van der Waals surface area contributed by atoms with Crippen LogP contribution in [0.25, 0.3) is 0 Å². The fourth-order valence-electron chi connectivity index (χ4n) is 0.920. The number of nitro groups is 1. The predicted molar refractivity (Wildman–Crippen MR) is 41.2 cm³/mol. The van der Waals surface area contributed by atoms with Gasteiger partial charge in [-0.15, -0.1) is 0 Å². The highest BCUT2D eigenvalue weighted by molar-refractivity contribution is 5.35. The van der Waals surface area contributed by atoms with Crippen LogP contribution in [0.2, 0.25) is 0 Å². The van der Waals surface area contributed by atoms with Crippen molar-refractivity contribution in [1.82, 2.24) is 9.55 Å². The molecule has 0 aliphatic rings. The van der Waals surface area contributed by atoms with E-state index in [4.69, 9.17) is 4.74 Å². The van der Waals surface area contributed by atoms with E-state index in [-0.39, 0.29) is 11.7 Å². The summed E-state index contributed by atoms with van der Waals surface area (Å²) in [6.45, 7) is 1.68. The van der Waals surface area contributed by atoms with E-state index in [1.165, 1.54) is 11.7 Å². The molecule has 6 heteroatoms. The molecule has 0 aliphatic heterocycles. The van der Waals surface area contributed by atoms with E-state index in [0.717, 1.165) is 0 Å². The van der Waals surface area contributed by atoms with Gasteiger partial charge < -0.3 is 14.9 Å². The number of aryl methyl sites for hydroxylation is 1. The third-order valence-electron chi connectivity index (χ3n) is 1.62. The Balaban J connectivity index is 3.29. The maximum absolute atomic E-state index is 10.4. The monoisotopic (exact) mass is 171 g/mol. The zero-order chi connectivity index (χ0) is 9.30. The average molecular weight is 171 g/mol. The molecule has 6 nitrogen and oxygen atoms in total. The number of ether oxygens (including phenoxy) is 1. The molecule has 0 spiro atoms. The molecule has 1 aromatic rings. The summed E-state index contributed by atoms with van der Waals surface area (Å²) < 4.78 is 6.34. The highest BCUT2D eigenvalue weighted by Gasteiger charge is 2.23. The molecular formula is C6H9N3O3. The van der Waals surface area contributed by atoms with Gasteiger partial charge in [0.15, 0.2) is 0 Å². The van der Waals surface area contributed by atoms with Gasteiger partial charge in [0, 0.05) is 14.0 Å². The summed E-state index contributed by atoms with van der Waals surface area (Å²) >= 11 is 0. The van der Waals surface area contributed by atoms with Crippen LogP contribution in [0, 0.1) is 17.0 Å². The van der Waals surface area contributed by atoms with Crippen molar-refractivity contribution in [3.05, 3.63) is 15.9 Å². The van der Waals surface area contributed by atoms with Crippen molar-refractivity contribution in [2.45, 2.75) is 6.92 Å². The van der Waals surface area contributed by atoms with Crippen LogP contribution >= 0.6 is 0 Å². The lowest BCUT2D eigenvalue weighted by Crippen LogP contribution is -1.97. The van der Waals surface area contributed by atoms with Gasteiger partial charge >= 0.3 is 5.82 Å². The lowest BCUT2D eigenvalue weighted by molar-refractivity contribution is -0.390. The number of nitrogens with zero attached hydrogens (tertiary/aromatic N) is 3. The lowest BCUT2D eigenvalue weighted by atomic mass is 10.7. The molecule has 1 heterocycles. The number of hydrogen-bond acceptors (Lipinski definition) is 4. The van der Waals surface area contributed by atoms with Crippen molar-refractivity contribution in [1.29, 1.82) is 0 Å². The largest absolute Gasteiger partial charge is 0.476 e. The first-order valence-corrected chi connectivity index (χ1v) is 3.29. The highest BCUT2D eigenvalue weighted by atomic mass is 16.6. The number of aromatic nitrogens is 2. The first-order chi connectivity index (χ1) is 5.57. The number of imidazole rings is 1. The Morgan fingerprint density at radius 2 is 2.25 bits per heavy atom. The number of rotatable bonds is 2. The molecule has 0 saturated carbocycles. The van der Waals surface area contributed by atoms with Crippen LogP contribution in [0.4, 0.5) is 5.82 Å². The fraction of sp³-hybridized carbons (Fsp3) is 0.500. The number of methoxy groups -OCH3 is 1. The van der Waals surface area contributed by atoms with Gasteiger partial charge in [0.05, 0.1) is 7.11 Å². The van der Waals surface area contributed by atoms with Crippen LogP contribution in [0.3, 0.4) is 0 Å². The zero-order valence-electron chi connectivity index (χ0n) is 7.07. The minimum absolute atomic E-state index is 0.178. The van der Waals surface area contributed by atoms with E-state index in [0.29, 0.717) is 5.82 Å². The molecule has 0 unspecified atom stereocenters. The molecule has 0 bridgehead atoms. The summed E-state index contributed by atoms with van der Waals surface area (Å²) in [6, 6.07) is 0. The lowest BCUT2D eigenvalue weighted by Gasteiger charge is -1.98. The summed E-state index contributed by atoms with van der Waals surface area (Å²) in [6.07, 6.45) is 0. The maximum Gasteiger partial charge on any atom is 0.426 e. The second-order valence-corrected chi connectivity index (χ2v) is 2.31. The second kappa shape index (κ2) is 2.80. The highest BCUT2D eigenvalue weighted by Crippen LogP contribution is 2.25. The molecule has 0 radical (unpaired) electrons. The Morgan fingerprint density at radius 1 is 1.67 bits per heavy atom. The van der Waals surface area contributed by atoms with Crippen molar-refractivity contribution in [3.63, 3.8) is 0 Å². The van der Waals surface area contributed by atoms with Crippen molar-refractivity contribution >= 4 is 5.82 Å². The van der Waals surface area contributed by atoms with Crippen LogP contribution in [0.15, 0.2) is 0 Å². The van der Waals surface area contributed by atoms with Crippen molar-refractivity contribution in [2.75, 3.05) is 7.11 Å². The predicted octanol–water partition coefficient (Wildman–Crippen LogP) is 0.645. The van der Waals surface area contributed by atoms with E-state index < -0.39 is 4.92 Å². The molecule has 1 aromatic heterocycles. The van der Waals surface area contributed by atoms with Gasteiger partial charge in [-0.2, -0.15) is 0 Å². The Labute approximate surface area is 68.9 Å². The van der Waals surface area contributed by atoms with E-state index in [2.05, 4.69) is 4.98 Å². The van der Waals surface area contributed by atoms with Crippen molar-refractivity contribution < 1.29 is 9.66 Å². The summed E-state index contributed by atoms with van der Waals surface area (Å²) in [4.78, 5) is 13.6. The standard InChI is InChI=1S/C6H9N3O3/c1-4-7-5(9(10)11)6(12-3)8(4)2/h1-3H3. The smallest absolute Gasteiger partial charge is 0.426 e. The minimum Gasteiger partial charge on any atom is -0.476 e. The molecule has 0 atom stereocenters. The van der Waals surface area contributed by atoms with Crippen LogP contribution in [0.1, 0.15) is 5.82 Å². The molecule has 0 N–H and O–H groups in total. The first-order valence-electron chi connectivity index (χ1n) is 3.29. The molecule has 66 valence electrons. The first kappa shape index (κ1) is 8.51. The zero-order valence-corrected chi connectivity index (χ0v) is 7.07. The van der Waals surface area contributed by atoms with Gasteiger partial charge in [0.1, 0.15) is 0 Å². The Bertz CT molecular complexity index is 318. The molecule has 0 aliphatic carbocycles. The Kier molecular flexibility index (Phi) is 1.99. The third-order valence-corrected chi connectivity index (χ3v) is 1.62. The third kappa shape index (κ3) is 1.11. The average Bonchev–Trinajstić information content (AvgIpc) is 2.29. The molecule has 0 fully saturated rings. The fourth-order valence-corrected chi connectivity index (χ4v) is 0.920. The van der Waals surface area contributed by atoms with E-state index in [1.807, 2.05) is 0 Å². The van der Waals surface area contributed by atoms with Gasteiger partial charge in [-0.05, 0) is 9.91 Å². The summed E-state index contributed by atoms with van der Waals surface area (Å²) in [5.74, 6) is 0.494. The molecule has 0 amide bonds. The van der Waals surface area contributed by atoms with Gasteiger partial charge in [-0.25, -0.2) is 0 Å². The normalized spacial score (nSPS) is 9.92. The molecule has 12 heavy (non-hydrogen) atoms. The van der Waals surface area contributed by atoms with Gasteiger partial charge in [-0.1, -0.05) is 0 Å². The summed E-state index contributed by atoms with van der Waals surface area (Å²) in [5.41, 5.74) is 0. The van der Waals surface area contributed by atoms with E-state index >= 15 is 0 Å². The van der Waals surface area contributed by atoms with Crippen LogP contribution < -0.4 is 4.74 Å². The summed E-state index contributed by atoms with van der Waals surface area (Å²) in [7, 11) is 3.04. The summed E-state index contributed by atoms with van der Waals surface area (Å²) in [5, 5.41) is 10.4. The van der Waals surface area contributed by atoms with Crippen LogP contribution in [0.5, 0.6) is 5.88 Å². The Morgan fingerprint density at radius 3 is 2.58 bits per heavy atom.